The lowest BCUT2D eigenvalue weighted by molar-refractivity contribution is 0.470. The molecule has 2 heterocycles. The average molecular weight is 576 g/mol. The lowest BCUT2D eigenvalue weighted by Gasteiger charge is -2.37. The molecule has 0 fully saturated rings. The number of rotatable bonds is 5. The van der Waals surface area contributed by atoms with Gasteiger partial charge in [-0.15, -0.1) is 4.40 Å². The van der Waals surface area contributed by atoms with E-state index >= 15 is 0 Å². The van der Waals surface area contributed by atoms with Crippen LogP contribution in [0.25, 0.3) is 5.76 Å². The van der Waals surface area contributed by atoms with Crippen molar-refractivity contribution in [2.75, 3.05) is 5.01 Å². The summed E-state index contributed by atoms with van der Waals surface area (Å²) in [7, 11) is -4.14. The van der Waals surface area contributed by atoms with E-state index in [0.29, 0.717) is 5.76 Å². The van der Waals surface area contributed by atoms with Gasteiger partial charge < -0.3 is 4.74 Å². The van der Waals surface area contributed by atoms with Crippen LogP contribution in [0.3, 0.4) is 0 Å². The molecule has 0 bridgehead atoms. The van der Waals surface area contributed by atoms with Gasteiger partial charge in [-0.05, 0) is 42.8 Å². The first-order valence-corrected chi connectivity index (χ1v) is 15.4. The predicted octanol–water partition coefficient (Wildman–Crippen LogP) is 7.60. The van der Waals surface area contributed by atoms with Gasteiger partial charge in [0.05, 0.1) is 22.2 Å². The summed E-state index contributed by atoms with van der Waals surface area (Å²) >= 11 is 0. The maximum Gasteiger partial charge on any atom is 0.285 e. The largest absolute Gasteiger partial charge is 0.439 e. The molecule has 0 aliphatic carbocycles. The molecule has 42 heavy (non-hydrogen) atoms. The van der Waals surface area contributed by atoms with Crippen molar-refractivity contribution in [3.8, 4) is 0 Å². The summed E-state index contributed by atoms with van der Waals surface area (Å²) in [6.45, 7) is 8.30. The Morgan fingerprint density at radius 1 is 0.810 bits per heavy atom. The van der Waals surface area contributed by atoms with Crippen LogP contribution in [0.2, 0.25) is 0 Å². The van der Waals surface area contributed by atoms with Gasteiger partial charge in [0.15, 0.2) is 5.54 Å². The summed E-state index contributed by atoms with van der Waals surface area (Å²) in [5, 5.41) is 7.16. The molecule has 0 amide bonds. The normalized spacial score (nSPS) is 21.4. The molecule has 212 valence electrons. The fourth-order valence-electron chi connectivity index (χ4n) is 5.60. The van der Waals surface area contributed by atoms with E-state index in [2.05, 4.69) is 37.3 Å². The van der Waals surface area contributed by atoms with Gasteiger partial charge in [-0.2, -0.15) is 13.5 Å². The van der Waals surface area contributed by atoms with Crippen LogP contribution in [0.15, 0.2) is 136 Å². The number of ether oxygens (including phenoxy) is 1. The Kier molecular flexibility index (Phi) is 6.86. The third-order valence-corrected chi connectivity index (χ3v) is 8.93. The predicted molar refractivity (Wildman–Crippen MR) is 169 cm³/mol. The van der Waals surface area contributed by atoms with Crippen LogP contribution in [0.4, 0.5) is 5.69 Å². The van der Waals surface area contributed by atoms with Crippen molar-refractivity contribution in [3.05, 3.63) is 138 Å². The van der Waals surface area contributed by atoms with Gasteiger partial charge in [-0.25, -0.2) is 5.01 Å². The Labute approximate surface area is 247 Å². The van der Waals surface area contributed by atoms with Crippen molar-refractivity contribution >= 4 is 33.1 Å². The molecule has 2 unspecified atom stereocenters. The molecule has 0 radical (unpaired) electrons. The highest BCUT2D eigenvalue weighted by atomic mass is 32.2. The van der Waals surface area contributed by atoms with E-state index < -0.39 is 21.5 Å². The van der Waals surface area contributed by atoms with E-state index in [1.807, 2.05) is 96.9 Å². The van der Waals surface area contributed by atoms with Gasteiger partial charge in [0.2, 0.25) is 5.90 Å². The number of aryl methyl sites for hydroxylation is 1. The van der Waals surface area contributed by atoms with E-state index in [9.17, 15) is 8.42 Å². The lowest BCUT2D eigenvalue weighted by atomic mass is 9.70. The highest BCUT2D eigenvalue weighted by Gasteiger charge is 2.61. The second kappa shape index (κ2) is 10.4. The zero-order valence-corrected chi connectivity index (χ0v) is 24.9. The van der Waals surface area contributed by atoms with Crippen molar-refractivity contribution in [2.45, 2.75) is 44.0 Å². The van der Waals surface area contributed by atoms with E-state index in [-0.39, 0.29) is 16.2 Å². The minimum absolute atomic E-state index is 0.0580. The third kappa shape index (κ3) is 4.84. The molecule has 6 rings (SSSR count). The smallest absolute Gasteiger partial charge is 0.285 e. The molecular formula is C35H33N3O3S. The Morgan fingerprint density at radius 2 is 1.38 bits per heavy atom. The van der Waals surface area contributed by atoms with Crippen molar-refractivity contribution in [2.24, 2.45) is 14.9 Å². The van der Waals surface area contributed by atoms with Crippen LogP contribution in [0, 0.1) is 12.3 Å². The lowest BCUT2D eigenvalue weighted by Crippen LogP contribution is -2.52. The summed E-state index contributed by atoms with van der Waals surface area (Å²) in [5.74, 6) is 0.190. The van der Waals surface area contributed by atoms with Crippen LogP contribution in [0.5, 0.6) is 0 Å². The number of sulfonamides is 1. The van der Waals surface area contributed by atoms with Crippen molar-refractivity contribution in [1.82, 2.24) is 0 Å². The Balaban J connectivity index is 1.67. The van der Waals surface area contributed by atoms with Gasteiger partial charge in [0, 0.05) is 11.0 Å². The Morgan fingerprint density at radius 3 is 1.98 bits per heavy atom. The van der Waals surface area contributed by atoms with E-state index in [4.69, 9.17) is 9.84 Å². The number of hydrogen-bond acceptors (Lipinski definition) is 5. The van der Waals surface area contributed by atoms with Crippen LogP contribution >= 0.6 is 0 Å². The van der Waals surface area contributed by atoms with E-state index in [0.717, 1.165) is 28.1 Å². The van der Waals surface area contributed by atoms with Gasteiger partial charge in [-0.3, -0.25) is 0 Å². The number of nitrogens with zero attached hydrogens (tertiary/aromatic N) is 3. The summed E-state index contributed by atoms with van der Waals surface area (Å²) in [5.41, 5.74) is 2.90. The molecule has 4 aromatic carbocycles. The first kappa shape index (κ1) is 27.7. The second-order valence-electron chi connectivity index (χ2n) is 11.7. The number of benzene rings is 4. The molecule has 6 nitrogen and oxygen atoms in total. The highest BCUT2D eigenvalue weighted by molar-refractivity contribution is 7.90. The summed E-state index contributed by atoms with van der Waals surface area (Å²) < 4.78 is 38.8. The van der Waals surface area contributed by atoms with E-state index in [1.54, 1.807) is 24.3 Å². The molecule has 7 heteroatoms. The highest BCUT2D eigenvalue weighted by Crippen LogP contribution is 2.53. The minimum Gasteiger partial charge on any atom is -0.439 e. The zero-order chi connectivity index (χ0) is 29.5. The molecule has 0 aromatic heterocycles. The monoisotopic (exact) mass is 575 g/mol. The fraction of sp³-hybridized carbons (Fsp3) is 0.200. The minimum atomic E-state index is -4.14. The number of para-hydroxylation sites is 1. The number of hydrazone groups is 1. The topological polar surface area (TPSA) is 71.3 Å². The molecule has 2 aliphatic heterocycles. The summed E-state index contributed by atoms with van der Waals surface area (Å²) in [4.78, 5) is 0.102. The molecule has 2 aliphatic rings. The maximum absolute atomic E-state index is 13.9. The molecule has 4 aromatic rings. The van der Waals surface area contributed by atoms with Crippen molar-refractivity contribution in [1.29, 1.82) is 0 Å². The zero-order valence-electron chi connectivity index (χ0n) is 24.1. The molecule has 0 saturated heterocycles. The van der Waals surface area contributed by atoms with Gasteiger partial charge in [0.25, 0.3) is 10.0 Å². The fourth-order valence-corrected chi connectivity index (χ4v) is 6.59. The maximum atomic E-state index is 13.9. The molecule has 0 N–H and O–H groups in total. The van der Waals surface area contributed by atoms with Crippen LogP contribution in [0.1, 0.15) is 43.4 Å². The van der Waals surface area contributed by atoms with Crippen molar-refractivity contribution in [3.63, 3.8) is 0 Å². The summed E-state index contributed by atoms with van der Waals surface area (Å²) in [6.07, 6.45) is 2.00. The van der Waals surface area contributed by atoms with Gasteiger partial charge in [0.1, 0.15) is 5.76 Å². The second-order valence-corrected chi connectivity index (χ2v) is 13.3. The van der Waals surface area contributed by atoms with Gasteiger partial charge >= 0.3 is 0 Å². The van der Waals surface area contributed by atoms with Gasteiger partial charge in [-0.1, -0.05) is 117 Å². The molecule has 0 saturated carbocycles. The number of anilines is 1. The van der Waals surface area contributed by atoms with Crippen molar-refractivity contribution < 1.29 is 13.2 Å². The van der Waals surface area contributed by atoms with Crippen LogP contribution in [-0.4, -0.2) is 25.6 Å². The molecular weight excluding hydrogens is 542 g/mol. The van der Waals surface area contributed by atoms with Crippen LogP contribution in [-0.2, 0) is 14.8 Å². The number of hydrogen-bond donors (Lipinski definition) is 0. The molecule has 1 spiro atoms. The van der Waals surface area contributed by atoms with E-state index in [1.165, 1.54) is 0 Å². The summed E-state index contributed by atoms with van der Waals surface area (Å²) in [6, 6.07) is 36.2. The molecule has 2 atom stereocenters. The quantitative estimate of drug-likeness (QED) is 0.246. The first-order chi connectivity index (χ1) is 20.1. The average Bonchev–Trinajstić information content (AvgIpc) is 3.53. The van der Waals surface area contributed by atoms with Crippen LogP contribution < -0.4 is 5.01 Å². The Hall–Kier alpha value is -4.49. The Bertz CT molecular complexity index is 1790. The third-order valence-electron chi connectivity index (χ3n) is 7.65. The SMILES string of the molecule is Cc1ccc(S(=O)(=O)/N=C2\OC(c3ccccc3)=CC23C(c2ccccc2)C(C(C)(C)C)=NN3c2ccccc2)cc1. The standard InChI is InChI=1S/C35H33N3O3S/c1-25-20-22-29(23-21-25)42(39,40)37-33-35(24-30(41-33)26-14-8-5-9-15-26)31(27-16-10-6-11-17-27)32(34(2,3)4)36-38(35)28-18-12-7-13-19-28/h5-24,31H,1-4H3/b37-33-. The first-order valence-electron chi connectivity index (χ1n) is 14.0.